The second kappa shape index (κ2) is 4.33. The number of carbonyl (C=O) groups is 1. The first-order chi connectivity index (χ1) is 5.68. The minimum Gasteiger partial charge on any atom is -0.419 e. The molecule has 0 unspecified atom stereocenters. The van der Waals surface area contributed by atoms with E-state index in [0.29, 0.717) is 6.42 Å². The summed E-state index contributed by atoms with van der Waals surface area (Å²) in [4.78, 5) is 12.0. The lowest BCUT2D eigenvalue weighted by atomic mass is 10.3. The molecule has 2 nitrogen and oxygen atoms in total. The largest absolute Gasteiger partial charge is 0.419 e. The molecule has 0 aliphatic heterocycles. The van der Waals surface area contributed by atoms with Crippen LogP contribution in [0.15, 0.2) is 17.5 Å². The third kappa shape index (κ3) is 3.11. The van der Waals surface area contributed by atoms with Gasteiger partial charge in [-0.15, -0.1) is 11.3 Å². The van der Waals surface area contributed by atoms with Crippen LogP contribution in [0, 0.1) is 0 Å². The molecular weight excluding hydrogens is 192 g/mol. The van der Waals surface area contributed by atoms with Crippen LogP contribution in [0.1, 0.15) is 11.8 Å². The molecule has 1 heterocycles. The van der Waals surface area contributed by atoms with Gasteiger partial charge in [0.25, 0.3) is 0 Å². The monoisotopic (exact) mass is 200 g/mol. The van der Waals surface area contributed by atoms with Crippen LogP contribution in [0.2, 0.25) is 0 Å². The van der Waals surface area contributed by atoms with E-state index in [4.69, 9.17) is 4.74 Å². The molecule has 1 aromatic heterocycles. The number of ether oxygens (including phenoxy) is 1. The zero-order chi connectivity index (χ0) is 8.97. The third-order valence-corrected chi connectivity index (χ3v) is 2.12. The molecule has 0 saturated heterocycles. The van der Waals surface area contributed by atoms with Crippen molar-refractivity contribution in [2.45, 2.75) is 13.3 Å². The Bertz CT molecular complexity index is 277. The van der Waals surface area contributed by atoms with Crippen molar-refractivity contribution >= 4 is 34.6 Å². The maximum absolute atomic E-state index is 11.0. The summed E-state index contributed by atoms with van der Waals surface area (Å²) < 4.78 is 4.72. The van der Waals surface area contributed by atoms with Crippen molar-refractivity contribution in [2.75, 3.05) is 0 Å². The molecule has 0 fully saturated rings. The third-order valence-electron chi connectivity index (χ3n) is 1.16. The van der Waals surface area contributed by atoms with E-state index >= 15 is 0 Å². The zero-order valence-electron chi connectivity index (χ0n) is 6.57. The van der Waals surface area contributed by atoms with Crippen LogP contribution in [-0.4, -0.2) is 11.0 Å². The highest BCUT2D eigenvalue weighted by Gasteiger charge is 2.05. The van der Waals surface area contributed by atoms with E-state index in [1.165, 1.54) is 11.3 Å². The van der Waals surface area contributed by atoms with Crippen LogP contribution in [0.25, 0.3) is 0 Å². The Balaban J connectivity index is 2.42. The highest BCUT2D eigenvalue weighted by atomic mass is 32.1. The van der Waals surface area contributed by atoms with Crippen molar-refractivity contribution in [3.8, 4) is 0 Å². The molecule has 0 amide bonds. The minimum atomic E-state index is -0.287. The van der Waals surface area contributed by atoms with Gasteiger partial charge < -0.3 is 4.74 Å². The molecule has 1 aromatic rings. The normalized spacial score (nSPS) is 9.42. The molecule has 0 spiro atoms. The fourth-order valence-corrected chi connectivity index (χ4v) is 1.54. The van der Waals surface area contributed by atoms with E-state index < -0.39 is 0 Å². The van der Waals surface area contributed by atoms with Crippen LogP contribution >= 0.6 is 23.6 Å². The van der Waals surface area contributed by atoms with E-state index in [0.717, 1.165) is 4.88 Å². The fourth-order valence-electron chi connectivity index (χ4n) is 0.752. The summed E-state index contributed by atoms with van der Waals surface area (Å²) >= 11 is 6.16. The first-order valence-corrected chi connectivity index (χ1v) is 4.71. The molecule has 0 saturated carbocycles. The Labute approximate surface area is 80.2 Å². The zero-order valence-corrected chi connectivity index (χ0v) is 8.21. The average Bonchev–Trinajstić information content (AvgIpc) is 2.37. The maximum atomic E-state index is 11.0. The topological polar surface area (TPSA) is 26.3 Å². The van der Waals surface area contributed by atoms with E-state index in [-0.39, 0.29) is 11.0 Å². The van der Waals surface area contributed by atoms with Gasteiger partial charge in [-0.1, -0.05) is 6.07 Å². The first kappa shape index (κ1) is 9.35. The number of carbonyl (C=O) groups excluding carboxylic acids is 1. The van der Waals surface area contributed by atoms with E-state index in [2.05, 4.69) is 12.2 Å². The molecule has 0 atom stereocenters. The molecule has 64 valence electrons. The van der Waals surface area contributed by atoms with Crippen molar-refractivity contribution in [3.05, 3.63) is 22.4 Å². The van der Waals surface area contributed by atoms with Crippen LogP contribution in [-0.2, 0) is 16.0 Å². The predicted octanol–water partition coefficient (Wildman–Crippen LogP) is 2.18. The van der Waals surface area contributed by atoms with Crippen molar-refractivity contribution < 1.29 is 9.53 Å². The van der Waals surface area contributed by atoms with E-state index in [1.807, 2.05) is 17.5 Å². The smallest absolute Gasteiger partial charge is 0.316 e. The van der Waals surface area contributed by atoms with Crippen molar-refractivity contribution in [1.82, 2.24) is 0 Å². The van der Waals surface area contributed by atoms with Gasteiger partial charge in [0, 0.05) is 11.8 Å². The molecule has 0 aliphatic carbocycles. The van der Waals surface area contributed by atoms with Crippen molar-refractivity contribution in [1.29, 1.82) is 0 Å². The summed E-state index contributed by atoms with van der Waals surface area (Å²) in [7, 11) is 0. The molecule has 0 aromatic carbocycles. The van der Waals surface area contributed by atoms with Gasteiger partial charge >= 0.3 is 5.97 Å². The quantitative estimate of drug-likeness (QED) is 0.540. The summed E-state index contributed by atoms with van der Waals surface area (Å²) in [5.74, 6) is -0.287. The average molecular weight is 200 g/mol. The van der Waals surface area contributed by atoms with Crippen LogP contribution < -0.4 is 0 Å². The Morgan fingerprint density at radius 1 is 1.75 bits per heavy atom. The molecule has 0 bridgehead atoms. The molecule has 0 aliphatic rings. The lowest BCUT2D eigenvalue weighted by molar-refractivity contribution is -0.134. The van der Waals surface area contributed by atoms with E-state index in [1.54, 1.807) is 6.92 Å². The Morgan fingerprint density at radius 3 is 3.00 bits per heavy atom. The van der Waals surface area contributed by atoms with Gasteiger partial charge in [-0.05, 0) is 23.7 Å². The van der Waals surface area contributed by atoms with Crippen molar-refractivity contribution in [2.24, 2.45) is 0 Å². The second-order valence-corrected chi connectivity index (χ2v) is 3.83. The van der Waals surface area contributed by atoms with Crippen molar-refractivity contribution in [3.63, 3.8) is 0 Å². The van der Waals surface area contributed by atoms with Gasteiger partial charge in [0.15, 0.2) is 5.05 Å². The van der Waals surface area contributed by atoms with Crippen LogP contribution in [0.5, 0.6) is 0 Å². The van der Waals surface area contributed by atoms with E-state index in [9.17, 15) is 4.79 Å². The van der Waals surface area contributed by atoms with Gasteiger partial charge in [-0.25, -0.2) is 0 Å². The van der Waals surface area contributed by atoms with Crippen LogP contribution in [0.4, 0.5) is 0 Å². The first-order valence-electron chi connectivity index (χ1n) is 3.42. The number of hydrogen-bond acceptors (Lipinski definition) is 4. The van der Waals surface area contributed by atoms with Gasteiger partial charge in [0.05, 0.1) is 6.42 Å². The fraction of sp³-hybridized carbons (Fsp3) is 0.250. The Kier molecular flexibility index (Phi) is 3.37. The predicted molar refractivity (Wildman–Crippen MR) is 52.4 cm³/mol. The number of esters is 1. The lowest BCUT2D eigenvalue weighted by Crippen LogP contribution is -2.09. The Hall–Kier alpha value is -0.740. The van der Waals surface area contributed by atoms with Gasteiger partial charge in [-0.3, -0.25) is 4.79 Å². The summed E-state index contributed by atoms with van der Waals surface area (Å²) in [5.41, 5.74) is 0. The molecule has 0 N–H and O–H groups in total. The van der Waals surface area contributed by atoms with Gasteiger partial charge in [-0.2, -0.15) is 0 Å². The van der Waals surface area contributed by atoms with Gasteiger partial charge in [0.2, 0.25) is 0 Å². The molecule has 0 radical (unpaired) electrons. The summed E-state index contributed by atoms with van der Waals surface area (Å²) in [6.07, 6.45) is 0.311. The summed E-state index contributed by atoms with van der Waals surface area (Å²) in [6.45, 7) is 1.58. The highest BCUT2D eigenvalue weighted by Crippen LogP contribution is 2.09. The maximum Gasteiger partial charge on any atom is 0.316 e. The lowest BCUT2D eigenvalue weighted by Gasteiger charge is -1.98. The molecular formula is C8H8O2S2. The number of thiophene rings is 1. The standard InChI is InChI=1S/C8H8O2S2/c1-6(11)10-8(9)5-7-3-2-4-12-7/h2-4H,5H2,1H3. The highest BCUT2D eigenvalue weighted by molar-refractivity contribution is 7.80. The minimum absolute atomic E-state index is 0.275. The van der Waals surface area contributed by atoms with Crippen LogP contribution in [0.3, 0.4) is 0 Å². The second-order valence-electron chi connectivity index (χ2n) is 2.22. The number of hydrogen-bond donors (Lipinski definition) is 0. The molecule has 12 heavy (non-hydrogen) atoms. The van der Waals surface area contributed by atoms with Gasteiger partial charge in [0.1, 0.15) is 0 Å². The summed E-state index contributed by atoms with van der Waals surface area (Å²) in [6, 6.07) is 3.79. The molecule has 4 heteroatoms. The molecule has 1 rings (SSSR count). The number of rotatable bonds is 2. The number of thiocarbonyl (C=S) groups is 1. The Morgan fingerprint density at radius 2 is 2.50 bits per heavy atom. The summed E-state index contributed by atoms with van der Waals surface area (Å²) in [5, 5.41) is 2.20. The SMILES string of the molecule is CC(=S)OC(=O)Cc1cccs1.